The Morgan fingerprint density at radius 1 is 1.31 bits per heavy atom. The number of aliphatic hydroxyl groups is 1. The highest BCUT2D eigenvalue weighted by Gasteiger charge is 2.40. The van der Waals surface area contributed by atoms with Crippen molar-refractivity contribution in [2.45, 2.75) is 64.5 Å². The number of hydrogen-bond acceptors (Lipinski definition) is 5. The van der Waals surface area contributed by atoms with E-state index in [-0.39, 0.29) is 44.1 Å². The van der Waals surface area contributed by atoms with Crippen LogP contribution in [0.5, 0.6) is 0 Å². The van der Waals surface area contributed by atoms with Crippen molar-refractivity contribution in [3.05, 3.63) is 35.4 Å². The molecular formula is C21H39NO4S2Si. The van der Waals surface area contributed by atoms with Crippen LogP contribution in [0.2, 0.25) is 18.1 Å². The summed E-state index contributed by atoms with van der Waals surface area (Å²) in [5.41, 5.74) is 1.23. The van der Waals surface area contributed by atoms with E-state index in [0.717, 1.165) is 25.1 Å². The third-order valence-electron chi connectivity index (χ3n) is 5.71. The van der Waals surface area contributed by atoms with Gasteiger partial charge >= 0.3 is 5.97 Å². The molecule has 5 nitrogen and oxygen atoms in total. The molecule has 2 atom stereocenters. The van der Waals surface area contributed by atoms with Gasteiger partial charge in [0.25, 0.3) is 0 Å². The van der Waals surface area contributed by atoms with E-state index in [4.69, 9.17) is 9.16 Å². The number of ether oxygens (including phenoxy) is 1. The van der Waals surface area contributed by atoms with Crippen LogP contribution < -0.4 is 0 Å². The molecule has 1 N–H and O–H groups in total. The maximum absolute atomic E-state index is 11.9. The van der Waals surface area contributed by atoms with Gasteiger partial charge in [0.15, 0.2) is 8.32 Å². The first kappa shape index (κ1) is 28.5. The smallest absolute Gasteiger partial charge is 0.338 e. The number of esters is 1. The molecule has 2 rings (SSSR count). The second-order valence-corrected chi connectivity index (χ2v) is 13.7. The summed E-state index contributed by atoms with van der Waals surface area (Å²) in [7, 11) is -1.77. The fraction of sp³-hybridized carbons (Fsp3) is 0.667. The summed E-state index contributed by atoms with van der Waals surface area (Å²) in [5.74, 6) is -0.351. The molecule has 1 saturated heterocycles. The van der Waals surface area contributed by atoms with Gasteiger partial charge in [-0.2, -0.15) is 27.0 Å². The Morgan fingerprint density at radius 2 is 1.97 bits per heavy atom. The fourth-order valence-corrected chi connectivity index (χ4v) is 4.47. The van der Waals surface area contributed by atoms with Crippen molar-refractivity contribution in [2.75, 3.05) is 26.2 Å². The van der Waals surface area contributed by atoms with E-state index in [1.165, 1.54) is 0 Å². The monoisotopic (exact) mass is 461 g/mol. The van der Waals surface area contributed by atoms with Gasteiger partial charge in [0.1, 0.15) is 0 Å². The van der Waals surface area contributed by atoms with E-state index in [1.54, 1.807) is 25.1 Å². The van der Waals surface area contributed by atoms with Gasteiger partial charge in [0, 0.05) is 19.6 Å². The molecule has 1 aliphatic rings. The molecule has 1 heterocycles. The molecule has 8 heteroatoms. The number of likely N-dealkylation sites (tertiary alicyclic amines) is 1. The van der Waals surface area contributed by atoms with Gasteiger partial charge in [-0.15, -0.1) is 0 Å². The molecule has 0 bridgehead atoms. The van der Waals surface area contributed by atoms with E-state index >= 15 is 0 Å². The standard InChI is InChI=1S/C21H35NO4Si.2H2S/c1-7-25-20(24)17-10-8-9-16(13-17)19(23)15-22-12-11-18(14-22)26-27(5,6)21(2,3)4;;/h8-10,13,18-19,23H,7,11-12,14-15H2,1-6H3;2*1H2/t18-,19+;;/m0../s1. The van der Waals surface area contributed by atoms with Crippen LogP contribution in [0.3, 0.4) is 0 Å². The first-order chi connectivity index (χ1) is 12.5. The Morgan fingerprint density at radius 3 is 2.55 bits per heavy atom. The minimum Gasteiger partial charge on any atom is -0.462 e. The third kappa shape index (κ3) is 7.92. The molecule has 0 aromatic heterocycles. The Hall–Kier alpha value is -0.513. The summed E-state index contributed by atoms with van der Waals surface area (Å²) >= 11 is 0. The van der Waals surface area contributed by atoms with Crippen molar-refractivity contribution < 1.29 is 19.1 Å². The quantitative estimate of drug-likeness (QED) is 0.487. The molecule has 0 radical (unpaired) electrons. The average molecular weight is 462 g/mol. The summed E-state index contributed by atoms with van der Waals surface area (Å²) in [6.07, 6.45) is 0.609. The number of aliphatic hydroxyl groups excluding tert-OH is 1. The van der Waals surface area contributed by atoms with E-state index in [1.807, 2.05) is 6.07 Å². The van der Waals surface area contributed by atoms with Crippen molar-refractivity contribution in [1.29, 1.82) is 0 Å². The van der Waals surface area contributed by atoms with Crippen LogP contribution >= 0.6 is 27.0 Å². The molecule has 0 saturated carbocycles. The fourth-order valence-electron chi connectivity index (χ4n) is 3.09. The van der Waals surface area contributed by atoms with Gasteiger partial charge in [0.05, 0.1) is 24.4 Å². The zero-order valence-corrected chi connectivity index (χ0v) is 21.6. The minimum absolute atomic E-state index is 0. The molecule has 1 fully saturated rings. The largest absolute Gasteiger partial charge is 0.462 e. The highest BCUT2D eigenvalue weighted by atomic mass is 32.1. The van der Waals surface area contributed by atoms with Crippen LogP contribution in [-0.2, 0) is 9.16 Å². The zero-order chi connectivity index (χ0) is 20.2. The van der Waals surface area contributed by atoms with Crippen LogP contribution in [0.25, 0.3) is 0 Å². The van der Waals surface area contributed by atoms with Crippen molar-refractivity contribution >= 4 is 41.3 Å². The van der Waals surface area contributed by atoms with Gasteiger partial charge in [-0.25, -0.2) is 4.79 Å². The Bertz CT molecular complexity index is 652. The van der Waals surface area contributed by atoms with Crippen molar-refractivity contribution in [1.82, 2.24) is 4.90 Å². The van der Waals surface area contributed by atoms with Crippen LogP contribution in [-0.4, -0.2) is 56.6 Å². The number of carbonyl (C=O) groups is 1. The molecule has 0 unspecified atom stereocenters. The lowest BCUT2D eigenvalue weighted by Gasteiger charge is -2.38. The Balaban J connectivity index is 0.00000392. The van der Waals surface area contributed by atoms with Gasteiger partial charge in [-0.1, -0.05) is 32.9 Å². The molecular weight excluding hydrogens is 422 g/mol. The number of hydrogen-bond donors (Lipinski definition) is 1. The first-order valence-electron chi connectivity index (χ1n) is 9.89. The van der Waals surface area contributed by atoms with Crippen LogP contribution in [0, 0.1) is 0 Å². The van der Waals surface area contributed by atoms with Gasteiger partial charge in [0.2, 0.25) is 0 Å². The number of β-amino-alcohol motifs (C(OH)–C–C–N with tert-alkyl or cyclic N) is 1. The van der Waals surface area contributed by atoms with Crippen LogP contribution in [0.15, 0.2) is 24.3 Å². The third-order valence-corrected chi connectivity index (χ3v) is 10.2. The Kier molecular flexibility index (Phi) is 11.6. The van der Waals surface area contributed by atoms with E-state index in [2.05, 4.69) is 38.8 Å². The minimum atomic E-state index is -1.77. The molecule has 29 heavy (non-hydrogen) atoms. The predicted octanol–water partition coefficient (Wildman–Crippen LogP) is 4.22. The van der Waals surface area contributed by atoms with Crippen molar-refractivity contribution in [3.8, 4) is 0 Å². The number of nitrogens with zero attached hydrogens (tertiary/aromatic N) is 1. The van der Waals surface area contributed by atoms with Crippen LogP contribution in [0.4, 0.5) is 0 Å². The first-order valence-corrected chi connectivity index (χ1v) is 12.8. The maximum atomic E-state index is 11.9. The van der Waals surface area contributed by atoms with Crippen molar-refractivity contribution in [2.24, 2.45) is 0 Å². The van der Waals surface area contributed by atoms with E-state index in [0.29, 0.717) is 18.7 Å². The predicted molar refractivity (Wildman–Crippen MR) is 131 cm³/mol. The number of carbonyl (C=O) groups excluding carboxylic acids is 1. The maximum Gasteiger partial charge on any atom is 0.338 e. The second-order valence-electron chi connectivity index (χ2n) is 8.91. The lowest BCUT2D eigenvalue weighted by Crippen LogP contribution is -2.44. The lowest BCUT2D eigenvalue weighted by molar-refractivity contribution is 0.0526. The summed E-state index contributed by atoms with van der Waals surface area (Å²) < 4.78 is 11.6. The van der Waals surface area contributed by atoms with Gasteiger partial charge in [-0.05, 0) is 49.2 Å². The molecule has 0 aliphatic carbocycles. The topological polar surface area (TPSA) is 59.0 Å². The number of rotatable bonds is 7. The molecule has 0 spiro atoms. The SMILES string of the molecule is CCOC(=O)c1cccc([C@H](O)CN2CC[C@H](O[Si](C)(C)C(C)(C)C)C2)c1.S.S. The van der Waals surface area contributed by atoms with E-state index < -0.39 is 14.4 Å². The van der Waals surface area contributed by atoms with Crippen LogP contribution in [0.1, 0.15) is 56.1 Å². The van der Waals surface area contributed by atoms with Gasteiger partial charge < -0.3 is 14.3 Å². The molecule has 1 aromatic carbocycles. The van der Waals surface area contributed by atoms with Gasteiger partial charge in [-0.3, -0.25) is 4.90 Å². The molecule has 1 aromatic rings. The zero-order valence-electron chi connectivity index (χ0n) is 18.6. The normalized spacial score (nSPS) is 18.5. The van der Waals surface area contributed by atoms with Crippen molar-refractivity contribution in [3.63, 3.8) is 0 Å². The second kappa shape index (κ2) is 11.8. The number of benzene rings is 1. The average Bonchev–Trinajstić information content (AvgIpc) is 3.00. The summed E-state index contributed by atoms with van der Waals surface area (Å²) in [5, 5.41) is 10.8. The Labute approximate surface area is 191 Å². The summed E-state index contributed by atoms with van der Waals surface area (Å²) in [6.45, 7) is 15.8. The molecule has 168 valence electrons. The molecule has 0 amide bonds. The lowest BCUT2D eigenvalue weighted by atomic mass is 10.1. The molecule has 1 aliphatic heterocycles. The van der Waals surface area contributed by atoms with E-state index in [9.17, 15) is 9.90 Å². The summed E-state index contributed by atoms with van der Waals surface area (Å²) in [6, 6.07) is 7.08. The summed E-state index contributed by atoms with van der Waals surface area (Å²) in [4.78, 5) is 14.1. The highest BCUT2D eigenvalue weighted by Crippen LogP contribution is 2.38. The highest BCUT2D eigenvalue weighted by molar-refractivity contribution is 7.59.